The van der Waals surface area contributed by atoms with Gasteiger partial charge in [0.15, 0.2) is 0 Å². The lowest BCUT2D eigenvalue weighted by molar-refractivity contribution is -0.325. The molecule has 0 aliphatic carbocycles. The molecule has 0 spiro atoms. The molecule has 0 aromatic rings. The third kappa shape index (κ3) is 5.70. The van der Waals surface area contributed by atoms with Gasteiger partial charge in [0.1, 0.15) is 11.3 Å². The van der Waals surface area contributed by atoms with Crippen molar-refractivity contribution in [2.75, 3.05) is 5.75 Å². The predicted octanol–water partition coefficient (Wildman–Crippen LogP) is 1.94. The van der Waals surface area contributed by atoms with Gasteiger partial charge in [-0.15, -0.1) is 11.8 Å². The maximum atomic E-state index is 10.3. The van der Waals surface area contributed by atoms with Crippen LogP contribution >= 0.6 is 23.4 Å². The number of carbonyl (C=O) groups excluding carboxylic acids is 1. The monoisotopic (exact) mass is 274 g/mol. The van der Waals surface area contributed by atoms with E-state index in [9.17, 15) is 4.79 Å². The van der Waals surface area contributed by atoms with Crippen molar-refractivity contribution in [3.8, 4) is 0 Å². The summed E-state index contributed by atoms with van der Waals surface area (Å²) >= 11 is 7.40. The van der Waals surface area contributed by atoms with E-state index in [-0.39, 0.29) is 10.9 Å². The normalized spacial score (nSPS) is 13.3. The Kier molecular flexibility index (Phi) is 7.58. The number of nitrogens with zero attached hydrogens (tertiary/aromatic N) is 1. The van der Waals surface area contributed by atoms with Gasteiger partial charge in [-0.05, 0) is 5.25 Å². The van der Waals surface area contributed by atoms with Crippen LogP contribution in [0.3, 0.4) is 0 Å². The third-order valence-corrected chi connectivity index (χ3v) is 3.17. The van der Waals surface area contributed by atoms with E-state index >= 15 is 0 Å². The maximum Gasteiger partial charge on any atom is 0.277 e. The smallest absolute Gasteiger partial charge is 0.277 e. The molecular weight excluding hydrogens is 258 g/mol. The van der Waals surface area contributed by atoms with E-state index in [0.717, 1.165) is 6.08 Å². The lowest BCUT2D eigenvalue weighted by Gasteiger charge is -2.07. The lowest BCUT2D eigenvalue weighted by atomic mass is 10.4. The van der Waals surface area contributed by atoms with E-state index in [1.807, 2.05) is 0 Å². The lowest BCUT2D eigenvalue weighted by Crippen LogP contribution is -2.31. The van der Waals surface area contributed by atoms with Crippen molar-refractivity contribution in [2.24, 2.45) is 5.73 Å². The van der Waals surface area contributed by atoms with E-state index in [1.54, 1.807) is 11.8 Å². The van der Waals surface area contributed by atoms with E-state index in [0.29, 0.717) is 23.1 Å². The van der Waals surface area contributed by atoms with Gasteiger partial charge in [0, 0.05) is 6.08 Å². The summed E-state index contributed by atoms with van der Waals surface area (Å²) in [5, 5.41) is 8.22. The molecule has 0 amide bonds. The number of carbonyl (C=O) groups is 1. The van der Waals surface area contributed by atoms with Crippen LogP contribution in [-0.4, -0.2) is 33.5 Å². The zero-order valence-electron chi connectivity index (χ0n) is 9.94. The Hall–Kier alpha value is -1.07. The zero-order chi connectivity index (χ0) is 13.4. The largest absolute Gasteiger partial charge is 0.321 e. The van der Waals surface area contributed by atoms with Crippen molar-refractivity contribution in [3.05, 3.63) is 23.9 Å². The summed E-state index contributed by atoms with van der Waals surface area (Å²) in [4.78, 5) is 10.3. The molecule has 0 rings (SSSR count). The van der Waals surface area contributed by atoms with Gasteiger partial charge in [0.2, 0.25) is 5.84 Å². The first-order chi connectivity index (χ1) is 7.93. The second kappa shape index (κ2) is 8.08. The van der Waals surface area contributed by atoms with Gasteiger partial charge in [-0.1, -0.05) is 32.0 Å². The van der Waals surface area contributed by atoms with E-state index in [2.05, 4.69) is 20.4 Å². The summed E-state index contributed by atoms with van der Waals surface area (Å²) in [6.07, 6.45) is 3.03. The molecule has 3 N–H and O–H groups in total. The number of amidine groups is 2. The number of hydrogen-bond acceptors (Lipinski definition) is 3. The Labute approximate surface area is 111 Å². The molecule has 0 aliphatic heterocycles. The Morgan fingerprint density at radius 3 is 2.65 bits per heavy atom. The minimum absolute atomic E-state index is 0.0254. The summed E-state index contributed by atoms with van der Waals surface area (Å²) in [5.74, 6) is 0.967. The Morgan fingerprint density at radius 2 is 2.24 bits per heavy atom. The average Bonchev–Trinajstić information content (AvgIpc) is 2.27. The molecule has 4 nitrogen and oxygen atoms in total. The van der Waals surface area contributed by atoms with Gasteiger partial charge < -0.3 is 5.73 Å². The molecule has 0 saturated heterocycles. The molecule has 0 heterocycles. The van der Waals surface area contributed by atoms with Gasteiger partial charge in [-0.3, -0.25) is 4.79 Å². The molecule has 0 fully saturated rings. The molecule has 0 radical (unpaired) electrons. The van der Waals surface area contributed by atoms with Crippen LogP contribution in [0.1, 0.15) is 13.8 Å². The molecule has 17 heavy (non-hydrogen) atoms. The number of allylic oxidation sites excluding steroid dienone is 1. The average molecular weight is 275 g/mol. The second-order valence-electron chi connectivity index (χ2n) is 3.40. The van der Waals surface area contributed by atoms with Gasteiger partial charge in [0.05, 0.1) is 12.0 Å². The SMILES string of the molecule is C=C[N+](C(=N)/C(Cl)=C/C=O)=C(N)CSC(C)C. The van der Waals surface area contributed by atoms with Crippen LogP contribution in [0, 0.1) is 5.41 Å². The summed E-state index contributed by atoms with van der Waals surface area (Å²) in [7, 11) is 0. The van der Waals surface area contributed by atoms with Crippen LogP contribution in [0.25, 0.3) is 0 Å². The van der Waals surface area contributed by atoms with Crippen molar-refractivity contribution >= 4 is 41.3 Å². The van der Waals surface area contributed by atoms with Gasteiger partial charge in [0.25, 0.3) is 5.84 Å². The van der Waals surface area contributed by atoms with Gasteiger partial charge >= 0.3 is 0 Å². The molecule has 0 aromatic heterocycles. The van der Waals surface area contributed by atoms with Crippen LogP contribution in [0.15, 0.2) is 23.9 Å². The molecule has 0 aromatic carbocycles. The fraction of sp³-hybridized carbons (Fsp3) is 0.364. The summed E-state index contributed by atoms with van der Waals surface area (Å²) in [5.41, 5.74) is 5.85. The fourth-order valence-corrected chi connectivity index (χ4v) is 1.71. The standard InChI is InChI=1S/C11H16ClN3OS/c1-4-15(10(13)7-17-8(2)3)11(14)9(12)5-6-16/h4-6,8,13-14H,1,7H2,2-3H3/p+1/b9-5-,14-11?. The first-order valence-corrected chi connectivity index (χ1v) is 6.41. The molecular formula is C11H17ClN3OS+. The van der Waals surface area contributed by atoms with Crippen LogP contribution < -0.4 is 5.73 Å². The molecule has 6 heteroatoms. The molecule has 0 unspecified atom stereocenters. The highest BCUT2D eigenvalue weighted by Crippen LogP contribution is 2.09. The number of aldehydes is 1. The number of halogens is 1. The van der Waals surface area contributed by atoms with E-state index < -0.39 is 0 Å². The molecule has 0 atom stereocenters. The minimum atomic E-state index is -0.0596. The summed E-state index contributed by atoms with van der Waals surface area (Å²) in [6.45, 7) is 7.69. The zero-order valence-corrected chi connectivity index (χ0v) is 11.5. The van der Waals surface area contributed by atoms with Crippen LogP contribution in [-0.2, 0) is 4.79 Å². The second-order valence-corrected chi connectivity index (χ2v) is 5.37. The number of nitrogens with one attached hydrogen (secondary N) is 1. The van der Waals surface area contributed by atoms with Crippen molar-refractivity contribution in [1.29, 1.82) is 5.41 Å². The first-order valence-electron chi connectivity index (χ1n) is 4.98. The summed E-state index contributed by atoms with van der Waals surface area (Å²) < 4.78 is 1.36. The van der Waals surface area contributed by atoms with Crippen LogP contribution in [0.4, 0.5) is 0 Å². The highest BCUT2D eigenvalue weighted by Gasteiger charge is 2.15. The minimum Gasteiger partial charge on any atom is -0.321 e. The van der Waals surface area contributed by atoms with Crippen LogP contribution in [0.5, 0.6) is 0 Å². The fourth-order valence-electron chi connectivity index (χ4n) is 0.927. The first kappa shape index (κ1) is 15.9. The third-order valence-electron chi connectivity index (χ3n) is 1.74. The van der Waals surface area contributed by atoms with Crippen LogP contribution in [0.2, 0.25) is 0 Å². The molecule has 0 aliphatic rings. The highest BCUT2D eigenvalue weighted by molar-refractivity contribution is 8.00. The Bertz CT molecular complexity index is 375. The van der Waals surface area contributed by atoms with Crippen molar-refractivity contribution in [3.63, 3.8) is 0 Å². The predicted molar refractivity (Wildman–Crippen MR) is 75.0 cm³/mol. The summed E-state index contributed by atoms with van der Waals surface area (Å²) in [6, 6.07) is 0. The van der Waals surface area contributed by atoms with Crippen molar-refractivity contribution < 1.29 is 9.37 Å². The topological polar surface area (TPSA) is 70.0 Å². The number of thioether (sulfide) groups is 1. The molecule has 0 bridgehead atoms. The van der Waals surface area contributed by atoms with Gasteiger partial charge in [-0.2, -0.15) is 5.41 Å². The Morgan fingerprint density at radius 1 is 1.65 bits per heavy atom. The van der Waals surface area contributed by atoms with Crippen molar-refractivity contribution in [2.45, 2.75) is 19.1 Å². The molecule has 0 saturated carbocycles. The number of hydrogen-bond donors (Lipinski definition) is 2. The molecule has 94 valence electrons. The number of nitrogens with two attached hydrogens (primary N) is 1. The highest BCUT2D eigenvalue weighted by atomic mass is 35.5. The van der Waals surface area contributed by atoms with E-state index in [4.69, 9.17) is 22.7 Å². The van der Waals surface area contributed by atoms with Gasteiger partial charge in [-0.25, -0.2) is 4.58 Å². The quantitative estimate of drug-likeness (QED) is 0.256. The number of rotatable bonds is 6. The maximum absolute atomic E-state index is 10.3. The van der Waals surface area contributed by atoms with E-state index in [1.165, 1.54) is 10.8 Å². The Balaban J connectivity index is 4.98. The van der Waals surface area contributed by atoms with Crippen molar-refractivity contribution in [1.82, 2.24) is 0 Å².